The summed E-state index contributed by atoms with van der Waals surface area (Å²) in [4.78, 5) is 24.6. The van der Waals surface area contributed by atoms with Crippen LogP contribution in [0.3, 0.4) is 0 Å². The molecule has 1 N–H and O–H groups in total. The number of nitrogens with one attached hydrogen (secondary N) is 1. The Morgan fingerprint density at radius 3 is 2.29 bits per heavy atom. The molecule has 3 rings (SSSR count). The van der Waals surface area contributed by atoms with Gasteiger partial charge < -0.3 is 14.8 Å². The number of methoxy groups -OCH3 is 1. The van der Waals surface area contributed by atoms with E-state index in [0.29, 0.717) is 11.5 Å². The van der Waals surface area contributed by atoms with Gasteiger partial charge in [-0.15, -0.1) is 0 Å². The van der Waals surface area contributed by atoms with Crippen molar-refractivity contribution in [2.75, 3.05) is 7.11 Å². The van der Waals surface area contributed by atoms with Gasteiger partial charge in [-0.3, -0.25) is 9.59 Å². The molecule has 28 heavy (non-hydrogen) atoms. The molecule has 0 aromatic heterocycles. The molecular formula is C22H18ClNO4. The molecule has 142 valence electrons. The Morgan fingerprint density at radius 2 is 1.57 bits per heavy atom. The lowest BCUT2D eigenvalue weighted by atomic mass is 10.1. The fraction of sp³-hybridized carbons (Fsp3) is 0.0909. The van der Waals surface area contributed by atoms with Gasteiger partial charge in [-0.25, -0.2) is 0 Å². The third kappa shape index (κ3) is 4.50. The third-order valence-electron chi connectivity index (χ3n) is 4.07. The number of benzene rings is 3. The summed E-state index contributed by atoms with van der Waals surface area (Å²) >= 11 is 5.70. The second-order valence-electron chi connectivity index (χ2n) is 5.87. The van der Waals surface area contributed by atoms with Crippen LogP contribution >= 0.6 is 11.6 Å². The number of halogens is 1. The lowest BCUT2D eigenvalue weighted by Crippen LogP contribution is -2.24. The number of hydrogen-bond donors (Lipinski definition) is 1. The molecule has 0 aliphatic heterocycles. The third-order valence-corrected chi connectivity index (χ3v) is 4.27. The van der Waals surface area contributed by atoms with Crippen molar-refractivity contribution in [3.8, 4) is 17.2 Å². The van der Waals surface area contributed by atoms with Crippen LogP contribution in [0.1, 0.15) is 26.3 Å². The van der Waals surface area contributed by atoms with Crippen LogP contribution in [-0.2, 0) is 6.54 Å². The molecule has 0 atom stereocenters. The summed E-state index contributed by atoms with van der Waals surface area (Å²) in [6.07, 6.45) is 0. The van der Waals surface area contributed by atoms with E-state index in [0.717, 1.165) is 5.56 Å². The molecule has 3 aromatic rings. The Morgan fingerprint density at radius 1 is 0.893 bits per heavy atom. The van der Waals surface area contributed by atoms with Gasteiger partial charge in [-0.05, 0) is 41.9 Å². The topological polar surface area (TPSA) is 64.6 Å². The number of hydrogen-bond acceptors (Lipinski definition) is 4. The smallest absolute Gasteiger partial charge is 0.256 e. The second kappa shape index (κ2) is 9.06. The van der Waals surface area contributed by atoms with Gasteiger partial charge in [0.1, 0.15) is 11.5 Å². The molecule has 0 aliphatic rings. The summed E-state index contributed by atoms with van der Waals surface area (Å²) < 4.78 is 11.1. The van der Waals surface area contributed by atoms with E-state index >= 15 is 0 Å². The molecule has 0 heterocycles. The van der Waals surface area contributed by atoms with Gasteiger partial charge in [-0.1, -0.05) is 42.5 Å². The molecule has 0 bridgehead atoms. The second-order valence-corrected chi connectivity index (χ2v) is 6.21. The number of para-hydroxylation sites is 3. The summed E-state index contributed by atoms with van der Waals surface area (Å²) in [6, 6.07) is 21.0. The minimum Gasteiger partial charge on any atom is -0.496 e. The Balaban J connectivity index is 1.88. The van der Waals surface area contributed by atoms with Crippen LogP contribution in [0, 0.1) is 0 Å². The summed E-state index contributed by atoms with van der Waals surface area (Å²) in [7, 11) is 1.57. The normalized spacial score (nSPS) is 10.2. The Bertz CT molecular complexity index is 989. The number of amides is 1. The first kappa shape index (κ1) is 19.5. The van der Waals surface area contributed by atoms with Gasteiger partial charge in [0.15, 0.2) is 5.75 Å². The fourth-order valence-electron chi connectivity index (χ4n) is 2.71. The molecule has 0 aliphatic carbocycles. The van der Waals surface area contributed by atoms with Crippen molar-refractivity contribution < 1.29 is 19.1 Å². The largest absolute Gasteiger partial charge is 0.496 e. The van der Waals surface area contributed by atoms with Crippen LogP contribution in [-0.4, -0.2) is 18.3 Å². The number of carbonyl (C=O) groups is 2. The highest BCUT2D eigenvalue weighted by Gasteiger charge is 2.20. The molecule has 0 fully saturated rings. The van der Waals surface area contributed by atoms with Gasteiger partial charge in [0.25, 0.3) is 11.1 Å². The summed E-state index contributed by atoms with van der Waals surface area (Å²) in [5, 5.41) is 2.13. The number of ether oxygens (including phenoxy) is 2. The molecule has 0 saturated carbocycles. The summed E-state index contributed by atoms with van der Waals surface area (Å²) in [5.41, 5.74) is 1.16. The Hall–Kier alpha value is -3.31. The monoisotopic (exact) mass is 395 g/mol. The van der Waals surface area contributed by atoms with E-state index in [2.05, 4.69) is 5.32 Å². The van der Waals surface area contributed by atoms with Crippen molar-refractivity contribution in [1.29, 1.82) is 0 Å². The highest BCUT2D eigenvalue weighted by Crippen LogP contribution is 2.31. The summed E-state index contributed by atoms with van der Waals surface area (Å²) in [5.74, 6) is 0.891. The van der Waals surface area contributed by atoms with Gasteiger partial charge >= 0.3 is 0 Å². The standard InChI is InChI=1S/C22H18ClNO4/c1-27-19-13-6-5-8-15(19)14-24-22(26)18-12-7-11-17(21(23)25)20(18)28-16-9-3-2-4-10-16/h2-13H,14H2,1H3,(H,24,26). The first-order valence-corrected chi connectivity index (χ1v) is 8.93. The average molecular weight is 396 g/mol. The predicted octanol–water partition coefficient (Wildman–Crippen LogP) is 4.80. The molecule has 0 saturated heterocycles. The van der Waals surface area contributed by atoms with Crippen LogP contribution in [0.15, 0.2) is 72.8 Å². The highest BCUT2D eigenvalue weighted by molar-refractivity contribution is 6.68. The van der Waals surface area contributed by atoms with Gasteiger partial charge in [0.2, 0.25) is 0 Å². The SMILES string of the molecule is COc1ccccc1CNC(=O)c1cccc(C(=O)Cl)c1Oc1ccccc1. The van der Waals surface area contributed by atoms with Crippen molar-refractivity contribution in [3.63, 3.8) is 0 Å². The molecule has 1 amide bonds. The zero-order valence-corrected chi connectivity index (χ0v) is 15.9. The van der Waals surface area contributed by atoms with Crippen LogP contribution in [0.2, 0.25) is 0 Å². The van der Waals surface area contributed by atoms with Crippen LogP contribution in [0.25, 0.3) is 0 Å². The van der Waals surface area contributed by atoms with E-state index in [-0.39, 0.29) is 23.4 Å². The highest BCUT2D eigenvalue weighted by atomic mass is 35.5. The van der Waals surface area contributed by atoms with Crippen molar-refractivity contribution in [2.45, 2.75) is 6.54 Å². The van der Waals surface area contributed by atoms with Gasteiger partial charge in [0.05, 0.1) is 18.2 Å². The summed E-state index contributed by atoms with van der Waals surface area (Å²) in [6.45, 7) is 0.257. The molecule has 0 unspecified atom stereocenters. The van der Waals surface area contributed by atoms with Crippen molar-refractivity contribution >= 4 is 22.8 Å². The zero-order valence-electron chi connectivity index (χ0n) is 15.1. The quantitative estimate of drug-likeness (QED) is 0.584. The lowest BCUT2D eigenvalue weighted by Gasteiger charge is -2.14. The van der Waals surface area contributed by atoms with Gasteiger partial charge in [-0.2, -0.15) is 0 Å². The van der Waals surface area contributed by atoms with Crippen LogP contribution < -0.4 is 14.8 Å². The first-order valence-electron chi connectivity index (χ1n) is 8.56. The van der Waals surface area contributed by atoms with Crippen LogP contribution in [0.4, 0.5) is 0 Å². The molecule has 0 radical (unpaired) electrons. The number of rotatable bonds is 7. The van der Waals surface area contributed by atoms with Crippen molar-refractivity contribution in [3.05, 3.63) is 89.5 Å². The van der Waals surface area contributed by atoms with E-state index in [1.807, 2.05) is 30.3 Å². The van der Waals surface area contributed by atoms with Crippen molar-refractivity contribution in [1.82, 2.24) is 5.32 Å². The average Bonchev–Trinajstić information content (AvgIpc) is 2.73. The molecular weight excluding hydrogens is 378 g/mol. The van der Waals surface area contributed by atoms with Crippen LogP contribution in [0.5, 0.6) is 17.2 Å². The first-order chi connectivity index (χ1) is 13.6. The minimum atomic E-state index is -0.703. The molecule has 0 spiro atoms. The van der Waals surface area contributed by atoms with Crippen molar-refractivity contribution in [2.24, 2.45) is 0 Å². The molecule has 6 heteroatoms. The predicted molar refractivity (Wildman–Crippen MR) is 107 cm³/mol. The molecule has 5 nitrogen and oxygen atoms in total. The maximum Gasteiger partial charge on any atom is 0.256 e. The van der Waals surface area contributed by atoms with Gasteiger partial charge in [0, 0.05) is 12.1 Å². The Kier molecular flexibility index (Phi) is 6.29. The maximum absolute atomic E-state index is 12.8. The minimum absolute atomic E-state index is 0.117. The Labute approximate surface area is 167 Å². The van der Waals surface area contributed by atoms with E-state index in [9.17, 15) is 9.59 Å². The zero-order chi connectivity index (χ0) is 19.9. The lowest BCUT2D eigenvalue weighted by molar-refractivity contribution is 0.0948. The maximum atomic E-state index is 12.8. The van der Waals surface area contributed by atoms with E-state index in [1.54, 1.807) is 43.5 Å². The van der Waals surface area contributed by atoms with E-state index in [4.69, 9.17) is 21.1 Å². The number of carbonyl (C=O) groups excluding carboxylic acids is 2. The molecule has 3 aromatic carbocycles. The van der Waals surface area contributed by atoms with E-state index in [1.165, 1.54) is 6.07 Å². The fourth-order valence-corrected chi connectivity index (χ4v) is 2.86. The van der Waals surface area contributed by atoms with E-state index < -0.39 is 11.1 Å².